The van der Waals surface area contributed by atoms with Gasteiger partial charge in [-0.15, -0.1) is 11.6 Å². The number of ketones is 1. The number of alkyl halides is 1. The van der Waals surface area contributed by atoms with Crippen molar-refractivity contribution in [2.75, 3.05) is 0 Å². The van der Waals surface area contributed by atoms with Gasteiger partial charge < -0.3 is 0 Å². The average molecular weight is 262 g/mol. The number of carbonyl (C=O) groups is 1. The largest absolute Gasteiger partial charge is 0.292 e. The molecule has 0 aromatic heterocycles. The van der Waals surface area contributed by atoms with Gasteiger partial charge in [0, 0.05) is 10.0 Å². The standard InChI is InChI=1S/C10H10BrClO/c1-10(2,12)9(13)7-3-5-8(11)6-4-7/h3-6H,1-2H3. The highest BCUT2D eigenvalue weighted by molar-refractivity contribution is 9.10. The summed E-state index contributed by atoms with van der Waals surface area (Å²) in [6.07, 6.45) is 0. The summed E-state index contributed by atoms with van der Waals surface area (Å²) in [7, 11) is 0. The number of hydrogen-bond acceptors (Lipinski definition) is 1. The molecule has 1 aromatic rings. The minimum absolute atomic E-state index is 0.0540. The number of Topliss-reactive ketones (excluding diaryl/α,β-unsaturated/α-hetero) is 1. The van der Waals surface area contributed by atoms with E-state index in [9.17, 15) is 4.79 Å². The van der Waals surface area contributed by atoms with Crippen molar-refractivity contribution in [1.29, 1.82) is 0 Å². The van der Waals surface area contributed by atoms with Gasteiger partial charge in [0.1, 0.15) is 4.87 Å². The summed E-state index contributed by atoms with van der Waals surface area (Å²) < 4.78 is 0.955. The van der Waals surface area contributed by atoms with E-state index in [1.165, 1.54) is 0 Å². The Morgan fingerprint density at radius 3 is 2.15 bits per heavy atom. The third kappa shape index (κ3) is 2.82. The summed E-state index contributed by atoms with van der Waals surface area (Å²) >= 11 is 9.20. The van der Waals surface area contributed by atoms with Gasteiger partial charge in [0.25, 0.3) is 0 Å². The van der Waals surface area contributed by atoms with Crippen LogP contribution in [-0.2, 0) is 0 Å². The number of rotatable bonds is 2. The van der Waals surface area contributed by atoms with Gasteiger partial charge >= 0.3 is 0 Å². The van der Waals surface area contributed by atoms with Crippen LogP contribution in [0.15, 0.2) is 28.7 Å². The van der Waals surface area contributed by atoms with Crippen molar-refractivity contribution in [2.24, 2.45) is 0 Å². The van der Waals surface area contributed by atoms with Crippen LogP contribution >= 0.6 is 27.5 Å². The fourth-order valence-corrected chi connectivity index (χ4v) is 1.32. The van der Waals surface area contributed by atoms with Crippen LogP contribution in [0.5, 0.6) is 0 Å². The second-order valence-electron chi connectivity index (χ2n) is 3.31. The van der Waals surface area contributed by atoms with Crippen LogP contribution in [0.4, 0.5) is 0 Å². The SMILES string of the molecule is CC(C)(Cl)C(=O)c1ccc(Br)cc1. The Kier molecular flexibility index (Phi) is 3.14. The first-order chi connectivity index (χ1) is 5.91. The van der Waals surface area contributed by atoms with E-state index in [1.807, 2.05) is 12.1 Å². The quantitative estimate of drug-likeness (QED) is 0.587. The predicted molar refractivity (Wildman–Crippen MR) is 58.4 cm³/mol. The molecule has 0 N–H and O–H groups in total. The van der Waals surface area contributed by atoms with E-state index in [-0.39, 0.29) is 5.78 Å². The van der Waals surface area contributed by atoms with E-state index in [4.69, 9.17) is 11.6 Å². The molecule has 70 valence electrons. The second kappa shape index (κ2) is 3.81. The van der Waals surface area contributed by atoms with Crippen LogP contribution in [0.2, 0.25) is 0 Å². The molecule has 13 heavy (non-hydrogen) atoms. The molecule has 0 heterocycles. The first-order valence-corrected chi connectivity index (χ1v) is 5.07. The van der Waals surface area contributed by atoms with Crippen molar-refractivity contribution < 1.29 is 4.79 Å². The normalized spacial score (nSPS) is 11.4. The predicted octanol–water partition coefficient (Wildman–Crippen LogP) is 3.65. The molecule has 1 aromatic carbocycles. The van der Waals surface area contributed by atoms with E-state index in [1.54, 1.807) is 26.0 Å². The van der Waals surface area contributed by atoms with Gasteiger partial charge in [-0.1, -0.05) is 28.1 Å². The van der Waals surface area contributed by atoms with Crippen molar-refractivity contribution in [3.8, 4) is 0 Å². The molecule has 0 aliphatic heterocycles. The molecule has 0 saturated heterocycles. The van der Waals surface area contributed by atoms with E-state index in [0.717, 1.165) is 4.47 Å². The Morgan fingerprint density at radius 2 is 1.77 bits per heavy atom. The molecule has 0 atom stereocenters. The van der Waals surface area contributed by atoms with Gasteiger partial charge in [0.15, 0.2) is 5.78 Å². The Bertz CT molecular complexity index is 311. The van der Waals surface area contributed by atoms with Crippen molar-refractivity contribution in [1.82, 2.24) is 0 Å². The Hall–Kier alpha value is -0.340. The summed E-state index contributed by atoms with van der Waals surface area (Å²) in [5.74, 6) is -0.0540. The average Bonchev–Trinajstić information content (AvgIpc) is 2.03. The lowest BCUT2D eigenvalue weighted by Crippen LogP contribution is -2.24. The van der Waals surface area contributed by atoms with Gasteiger partial charge in [-0.25, -0.2) is 0 Å². The van der Waals surface area contributed by atoms with Crippen molar-refractivity contribution >= 4 is 33.3 Å². The van der Waals surface area contributed by atoms with Gasteiger partial charge in [0.2, 0.25) is 0 Å². The van der Waals surface area contributed by atoms with Crippen LogP contribution in [0.1, 0.15) is 24.2 Å². The molecular formula is C10H10BrClO. The Labute approximate surface area is 91.2 Å². The van der Waals surface area contributed by atoms with Gasteiger partial charge in [-0.2, -0.15) is 0 Å². The summed E-state index contributed by atoms with van der Waals surface area (Å²) in [6.45, 7) is 3.39. The first kappa shape index (κ1) is 10.7. The zero-order valence-corrected chi connectivity index (χ0v) is 9.82. The van der Waals surface area contributed by atoms with Gasteiger partial charge in [-0.3, -0.25) is 4.79 Å². The second-order valence-corrected chi connectivity index (χ2v) is 5.17. The van der Waals surface area contributed by atoms with Crippen LogP contribution in [0.3, 0.4) is 0 Å². The third-order valence-corrected chi connectivity index (χ3v) is 2.35. The summed E-state index contributed by atoms with van der Waals surface area (Å²) in [5.41, 5.74) is 0.642. The Morgan fingerprint density at radius 1 is 1.31 bits per heavy atom. The lowest BCUT2D eigenvalue weighted by molar-refractivity contribution is 0.0954. The Balaban J connectivity index is 2.97. The maximum absolute atomic E-state index is 11.6. The minimum Gasteiger partial charge on any atom is -0.292 e. The molecule has 0 unspecified atom stereocenters. The molecule has 1 rings (SSSR count). The van der Waals surface area contributed by atoms with E-state index >= 15 is 0 Å². The van der Waals surface area contributed by atoms with Crippen molar-refractivity contribution in [3.05, 3.63) is 34.3 Å². The maximum atomic E-state index is 11.6. The molecule has 0 saturated carbocycles. The van der Waals surface area contributed by atoms with E-state index < -0.39 is 4.87 Å². The fraction of sp³-hybridized carbons (Fsp3) is 0.300. The molecule has 0 bridgehead atoms. The van der Waals surface area contributed by atoms with Crippen molar-refractivity contribution in [2.45, 2.75) is 18.7 Å². The fourth-order valence-electron chi connectivity index (χ4n) is 0.944. The number of benzene rings is 1. The lowest BCUT2D eigenvalue weighted by Gasteiger charge is -2.13. The van der Waals surface area contributed by atoms with Gasteiger partial charge in [-0.05, 0) is 26.0 Å². The maximum Gasteiger partial charge on any atom is 0.183 e. The summed E-state index contributed by atoms with van der Waals surface area (Å²) in [6, 6.07) is 7.18. The molecule has 0 fully saturated rings. The molecule has 3 heteroatoms. The molecule has 0 aliphatic rings. The van der Waals surface area contributed by atoms with Crippen LogP contribution in [-0.4, -0.2) is 10.7 Å². The highest BCUT2D eigenvalue weighted by atomic mass is 79.9. The van der Waals surface area contributed by atoms with Crippen LogP contribution < -0.4 is 0 Å². The first-order valence-electron chi connectivity index (χ1n) is 3.90. The molecule has 1 nitrogen and oxygen atoms in total. The van der Waals surface area contributed by atoms with Crippen LogP contribution in [0.25, 0.3) is 0 Å². The number of hydrogen-bond donors (Lipinski definition) is 0. The zero-order chi connectivity index (χ0) is 10.1. The molecule has 0 amide bonds. The smallest absolute Gasteiger partial charge is 0.183 e. The molecule has 0 radical (unpaired) electrons. The highest BCUT2D eigenvalue weighted by Gasteiger charge is 2.25. The minimum atomic E-state index is -0.826. The van der Waals surface area contributed by atoms with E-state index in [2.05, 4.69) is 15.9 Å². The monoisotopic (exact) mass is 260 g/mol. The lowest BCUT2D eigenvalue weighted by atomic mass is 10.0. The number of carbonyl (C=O) groups excluding carboxylic acids is 1. The molecular weight excluding hydrogens is 251 g/mol. The van der Waals surface area contributed by atoms with Crippen LogP contribution in [0, 0.1) is 0 Å². The van der Waals surface area contributed by atoms with Gasteiger partial charge in [0.05, 0.1) is 0 Å². The molecule has 0 aliphatic carbocycles. The number of halogens is 2. The third-order valence-electron chi connectivity index (χ3n) is 1.65. The summed E-state index contributed by atoms with van der Waals surface area (Å²) in [5, 5.41) is 0. The van der Waals surface area contributed by atoms with Crippen molar-refractivity contribution in [3.63, 3.8) is 0 Å². The zero-order valence-electron chi connectivity index (χ0n) is 7.47. The molecule has 0 spiro atoms. The van der Waals surface area contributed by atoms with E-state index in [0.29, 0.717) is 5.56 Å². The summed E-state index contributed by atoms with van der Waals surface area (Å²) in [4.78, 5) is 10.8. The topological polar surface area (TPSA) is 17.1 Å². The highest BCUT2D eigenvalue weighted by Crippen LogP contribution is 2.20.